The Morgan fingerprint density at radius 2 is 1.83 bits per heavy atom. The van der Waals surface area contributed by atoms with Crippen LogP contribution in [0.3, 0.4) is 0 Å². The van der Waals surface area contributed by atoms with Crippen molar-refractivity contribution in [3.8, 4) is 0 Å². The molecule has 2 aromatic rings. The van der Waals surface area contributed by atoms with Crippen LogP contribution in [-0.2, 0) is 21.2 Å². The van der Waals surface area contributed by atoms with Crippen molar-refractivity contribution in [3.05, 3.63) is 58.6 Å². The van der Waals surface area contributed by atoms with E-state index in [2.05, 4.69) is 28.2 Å². The Labute approximate surface area is 150 Å². The molecule has 0 aliphatic heterocycles. The minimum absolute atomic E-state index is 0.287. The average molecular weight is 411 g/mol. The van der Waals surface area contributed by atoms with Gasteiger partial charge in [-0.25, -0.2) is 8.42 Å². The van der Waals surface area contributed by atoms with E-state index in [4.69, 9.17) is 0 Å². The molecule has 0 fully saturated rings. The molecule has 1 amide bonds. The van der Waals surface area contributed by atoms with Crippen LogP contribution >= 0.6 is 15.9 Å². The first-order chi connectivity index (χ1) is 11.3. The molecule has 0 atom stereocenters. The topological polar surface area (TPSA) is 66.5 Å². The minimum Gasteiger partial charge on any atom is -0.325 e. The number of nitrogens with one attached hydrogen (secondary N) is 1. The third kappa shape index (κ3) is 5.07. The van der Waals surface area contributed by atoms with Crippen molar-refractivity contribution < 1.29 is 13.2 Å². The summed E-state index contributed by atoms with van der Waals surface area (Å²) in [6.07, 6.45) is 2.00. The summed E-state index contributed by atoms with van der Waals surface area (Å²) in [7, 11) is -3.58. The van der Waals surface area contributed by atoms with E-state index in [0.717, 1.165) is 21.5 Å². The van der Waals surface area contributed by atoms with E-state index in [1.807, 2.05) is 12.1 Å². The fourth-order valence-electron chi connectivity index (χ4n) is 2.19. The number of halogens is 1. The highest BCUT2D eigenvalue weighted by Gasteiger charge is 2.21. The van der Waals surface area contributed by atoms with Gasteiger partial charge in [0, 0.05) is 10.2 Å². The fraction of sp³-hybridized carbons (Fsp3) is 0.235. The summed E-state index contributed by atoms with van der Waals surface area (Å²) in [6.45, 7) is 1.76. The molecule has 0 spiro atoms. The van der Waals surface area contributed by atoms with Gasteiger partial charge in [-0.15, -0.1) is 0 Å². The SMILES string of the molecule is CCc1ccc(NC(=O)CN(c2cccc(Br)c2)S(C)(=O)=O)cc1. The lowest BCUT2D eigenvalue weighted by Gasteiger charge is -2.22. The highest BCUT2D eigenvalue weighted by Crippen LogP contribution is 2.22. The molecule has 24 heavy (non-hydrogen) atoms. The summed E-state index contributed by atoms with van der Waals surface area (Å²) >= 11 is 3.31. The highest BCUT2D eigenvalue weighted by molar-refractivity contribution is 9.10. The molecular formula is C17H19BrN2O3S. The number of carbonyl (C=O) groups excluding carboxylic acids is 1. The van der Waals surface area contributed by atoms with Gasteiger partial charge < -0.3 is 5.32 Å². The summed E-state index contributed by atoms with van der Waals surface area (Å²) in [5, 5.41) is 2.72. The molecule has 128 valence electrons. The number of benzene rings is 2. The second-order valence-electron chi connectivity index (χ2n) is 5.35. The number of hydrogen-bond acceptors (Lipinski definition) is 3. The zero-order valence-electron chi connectivity index (χ0n) is 13.5. The number of hydrogen-bond donors (Lipinski definition) is 1. The number of aryl methyl sites for hydroxylation is 1. The molecule has 0 aliphatic carbocycles. The molecule has 1 N–H and O–H groups in total. The molecule has 0 aromatic heterocycles. The quantitative estimate of drug-likeness (QED) is 0.792. The summed E-state index contributed by atoms with van der Waals surface area (Å²) in [5.74, 6) is -0.398. The van der Waals surface area contributed by atoms with Crippen molar-refractivity contribution in [2.24, 2.45) is 0 Å². The van der Waals surface area contributed by atoms with Crippen molar-refractivity contribution >= 4 is 43.2 Å². The van der Waals surface area contributed by atoms with E-state index in [1.54, 1.807) is 36.4 Å². The van der Waals surface area contributed by atoms with Crippen LogP contribution in [0.25, 0.3) is 0 Å². The molecule has 2 rings (SSSR count). The number of carbonyl (C=O) groups is 1. The fourth-order valence-corrected chi connectivity index (χ4v) is 3.42. The van der Waals surface area contributed by atoms with Gasteiger partial charge in [0.1, 0.15) is 6.54 Å². The molecule has 2 aromatic carbocycles. The van der Waals surface area contributed by atoms with Gasteiger partial charge in [0.2, 0.25) is 15.9 Å². The van der Waals surface area contributed by atoms with Gasteiger partial charge in [-0.2, -0.15) is 0 Å². The Kier molecular flexibility index (Phi) is 6.01. The molecule has 5 nitrogen and oxygen atoms in total. The largest absolute Gasteiger partial charge is 0.325 e. The maximum absolute atomic E-state index is 12.3. The molecule has 7 heteroatoms. The third-order valence-electron chi connectivity index (χ3n) is 3.43. The third-order valence-corrected chi connectivity index (χ3v) is 5.06. The molecule has 0 heterocycles. The summed E-state index contributed by atoms with van der Waals surface area (Å²) in [5.41, 5.74) is 2.24. The molecular weight excluding hydrogens is 392 g/mol. The highest BCUT2D eigenvalue weighted by atomic mass is 79.9. The van der Waals surface area contributed by atoms with Crippen LogP contribution in [0.1, 0.15) is 12.5 Å². The van der Waals surface area contributed by atoms with Crippen LogP contribution in [-0.4, -0.2) is 27.1 Å². The van der Waals surface area contributed by atoms with Gasteiger partial charge in [-0.1, -0.05) is 41.1 Å². The molecule has 0 saturated carbocycles. The van der Waals surface area contributed by atoms with Crippen LogP contribution in [0.15, 0.2) is 53.0 Å². The second-order valence-corrected chi connectivity index (χ2v) is 8.17. The summed E-state index contributed by atoms with van der Waals surface area (Å²) in [4.78, 5) is 12.3. The maximum atomic E-state index is 12.3. The molecule has 0 radical (unpaired) electrons. The van der Waals surface area contributed by atoms with Gasteiger partial charge in [0.05, 0.1) is 11.9 Å². The van der Waals surface area contributed by atoms with E-state index in [0.29, 0.717) is 11.4 Å². The van der Waals surface area contributed by atoms with Crippen LogP contribution in [0.5, 0.6) is 0 Å². The van der Waals surface area contributed by atoms with Crippen molar-refractivity contribution in [2.75, 3.05) is 22.4 Å². The van der Waals surface area contributed by atoms with Gasteiger partial charge in [0.15, 0.2) is 0 Å². The minimum atomic E-state index is -3.58. The van der Waals surface area contributed by atoms with E-state index >= 15 is 0 Å². The first kappa shape index (κ1) is 18.5. The number of anilines is 2. The second kappa shape index (κ2) is 7.81. The van der Waals surface area contributed by atoms with Crippen molar-refractivity contribution in [2.45, 2.75) is 13.3 Å². The Balaban J connectivity index is 2.15. The van der Waals surface area contributed by atoms with E-state index in [1.165, 1.54) is 5.56 Å². The molecule has 0 unspecified atom stereocenters. The van der Waals surface area contributed by atoms with Crippen LogP contribution in [0, 0.1) is 0 Å². The summed E-state index contributed by atoms with van der Waals surface area (Å²) < 4.78 is 25.9. The standard InChI is InChI=1S/C17H19BrN2O3S/c1-3-13-7-9-15(10-8-13)19-17(21)12-20(24(2,22)23)16-6-4-5-14(18)11-16/h4-11H,3,12H2,1-2H3,(H,19,21). The van der Waals surface area contributed by atoms with E-state index in [9.17, 15) is 13.2 Å². The molecule has 0 saturated heterocycles. The van der Waals surface area contributed by atoms with Gasteiger partial charge in [0.25, 0.3) is 0 Å². The maximum Gasteiger partial charge on any atom is 0.245 e. The van der Waals surface area contributed by atoms with Gasteiger partial charge >= 0.3 is 0 Å². The normalized spacial score (nSPS) is 11.1. The van der Waals surface area contributed by atoms with E-state index < -0.39 is 15.9 Å². The van der Waals surface area contributed by atoms with Crippen molar-refractivity contribution in [1.82, 2.24) is 0 Å². The van der Waals surface area contributed by atoms with E-state index in [-0.39, 0.29) is 6.54 Å². The van der Waals surface area contributed by atoms with Gasteiger partial charge in [-0.05, 0) is 42.3 Å². The zero-order chi connectivity index (χ0) is 17.7. The molecule has 0 bridgehead atoms. The van der Waals surface area contributed by atoms with Crippen molar-refractivity contribution in [3.63, 3.8) is 0 Å². The predicted molar refractivity (Wildman–Crippen MR) is 101 cm³/mol. The summed E-state index contributed by atoms with van der Waals surface area (Å²) in [6, 6.07) is 14.3. The predicted octanol–water partition coefficient (Wildman–Crippen LogP) is 3.42. The van der Waals surface area contributed by atoms with Crippen LogP contribution in [0.2, 0.25) is 0 Å². The monoisotopic (exact) mass is 410 g/mol. The zero-order valence-corrected chi connectivity index (χ0v) is 15.9. The molecule has 0 aliphatic rings. The number of rotatable bonds is 6. The van der Waals surface area contributed by atoms with Crippen molar-refractivity contribution in [1.29, 1.82) is 0 Å². The Morgan fingerprint density at radius 3 is 2.38 bits per heavy atom. The smallest absolute Gasteiger partial charge is 0.245 e. The van der Waals surface area contributed by atoms with Crippen LogP contribution < -0.4 is 9.62 Å². The Morgan fingerprint density at radius 1 is 1.17 bits per heavy atom. The Bertz CT molecular complexity index is 820. The first-order valence-corrected chi connectivity index (χ1v) is 10.1. The van der Waals surface area contributed by atoms with Crippen LogP contribution in [0.4, 0.5) is 11.4 Å². The number of sulfonamides is 1. The average Bonchev–Trinajstić information content (AvgIpc) is 2.52. The lowest BCUT2D eigenvalue weighted by atomic mass is 10.1. The number of nitrogens with zero attached hydrogens (tertiary/aromatic N) is 1. The lowest BCUT2D eigenvalue weighted by molar-refractivity contribution is -0.114. The lowest BCUT2D eigenvalue weighted by Crippen LogP contribution is -2.37. The van der Waals surface area contributed by atoms with Gasteiger partial charge in [-0.3, -0.25) is 9.10 Å². The Hall–Kier alpha value is -1.86. The number of amides is 1. The first-order valence-electron chi connectivity index (χ1n) is 7.41.